The van der Waals surface area contributed by atoms with Gasteiger partial charge in [0, 0.05) is 11.9 Å². The third kappa shape index (κ3) is 3.40. The summed E-state index contributed by atoms with van der Waals surface area (Å²) in [5.41, 5.74) is -0.0491. The van der Waals surface area contributed by atoms with Crippen LogP contribution >= 0.6 is 11.8 Å². The van der Waals surface area contributed by atoms with E-state index in [1.54, 1.807) is 13.2 Å². The minimum Gasteiger partial charge on any atom is -0.467 e. The molecule has 1 aromatic carbocycles. The van der Waals surface area contributed by atoms with Crippen LogP contribution in [-0.2, 0) is 15.1 Å². The Balaban J connectivity index is 2.30. The van der Waals surface area contributed by atoms with E-state index >= 15 is 0 Å². The monoisotopic (exact) mass is 303 g/mol. The van der Waals surface area contributed by atoms with Gasteiger partial charge in [-0.1, -0.05) is 30.3 Å². The second kappa shape index (κ2) is 7.19. The van der Waals surface area contributed by atoms with E-state index < -0.39 is 5.54 Å². The molecule has 2 rings (SSSR count). The molecule has 1 heterocycles. The molecule has 110 valence electrons. The Labute approximate surface area is 128 Å². The lowest BCUT2D eigenvalue weighted by molar-refractivity contribution is -0.147. The van der Waals surface area contributed by atoms with Gasteiger partial charge in [-0.2, -0.15) is 0 Å². The first kappa shape index (κ1) is 15.5. The van der Waals surface area contributed by atoms with Crippen molar-refractivity contribution in [2.24, 2.45) is 0 Å². The summed E-state index contributed by atoms with van der Waals surface area (Å²) in [6, 6.07) is 11.4. The predicted octanol–water partition coefficient (Wildman–Crippen LogP) is 1.86. The molecule has 0 fully saturated rings. The number of carbonyl (C=O) groups is 1. The average Bonchev–Trinajstić information content (AvgIpc) is 2.57. The van der Waals surface area contributed by atoms with Gasteiger partial charge in [-0.3, -0.25) is 0 Å². The number of esters is 1. The van der Waals surface area contributed by atoms with E-state index in [9.17, 15) is 4.79 Å². The van der Waals surface area contributed by atoms with Crippen LogP contribution in [0.25, 0.3) is 0 Å². The third-order valence-corrected chi connectivity index (χ3v) is 4.33. The lowest BCUT2D eigenvalue weighted by Crippen LogP contribution is -2.50. The van der Waals surface area contributed by atoms with Crippen molar-refractivity contribution >= 4 is 17.7 Å². The molecular weight excluding hydrogens is 286 g/mol. The Morgan fingerprint density at radius 1 is 1.33 bits per heavy atom. The van der Waals surface area contributed by atoms with Crippen LogP contribution in [0.15, 0.2) is 53.9 Å². The highest BCUT2D eigenvalue weighted by molar-refractivity contribution is 7.99. The van der Waals surface area contributed by atoms with E-state index in [1.165, 1.54) is 25.2 Å². The van der Waals surface area contributed by atoms with Crippen molar-refractivity contribution in [2.45, 2.75) is 10.6 Å². The van der Waals surface area contributed by atoms with Crippen LogP contribution in [0.3, 0.4) is 0 Å². The fourth-order valence-electron chi connectivity index (χ4n) is 2.02. The molecule has 0 bridgehead atoms. The Kier molecular flexibility index (Phi) is 5.30. The van der Waals surface area contributed by atoms with E-state index in [1.807, 2.05) is 36.4 Å². The number of nitrogens with zero attached hydrogens (tertiary/aromatic N) is 2. The lowest BCUT2D eigenvalue weighted by Gasteiger charge is -2.30. The summed E-state index contributed by atoms with van der Waals surface area (Å²) < 4.78 is 5.00. The number of likely N-dealkylation sites (N-methyl/N-ethyl adjacent to an activating group) is 1. The van der Waals surface area contributed by atoms with Gasteiger partial charge in [-0.25, -0.2) is 14.8 Å². The molecule has 0 saturated heterocycles. The highest BCUT2D eigenvalue weighted by Crippen LogP contribution is 2.29. The summed E-state index contributed by atoms with van der Waals surface area (Å²) in [6.07, 6.45) is 3.17. The van der Waals surface area contributed by atoms with Gasteiger partial charge in [0.15, 0.2) is 5.54 Å². The van der Waals surface area contributed by atoms with Crippen molar-refractivity contribution in [1.29, 1.82) is 0 Å². The Morgan fingerprint density at radius 3 is 2.67 bits per heavy atom. The molecule has 2 aromatic rings. The Morgan fingerprint density at radius 2 is 2.10 bits per heavy atom. The van der Waals surface area contributed by atoms with Gasteiger partial charge in [0.25, 0.3) is 0 Å². The molecule has 6 heteroatoms. The van der Waals surface area contributed by atoms with Crippen LogP contribution in [0, 0.1) is 0 Å². The summed E-state index contributed by atoms with van der Waals surface area (Å²) in [6.45, 7) is 0. The summed E-state index contributed by atoms with van der Waals surface area (Å²) in [5, 5.41) is 3.92. The predicted molar refractivity (Wildman–Crippen MR) is 82.0 cm³/mol. The normalized spacial score (nSPS) is 13.4. The maximum atomic E-state index is 12.4. The zero-order chi connectivity index (χ0) is 15.1. The molecule has 0 aliphatic rings. The topological polar surface area (TPSA) is 64.1 Å². The SMILES string of the molecule is CNC(CSc1ccncn1)(C(=O)OC)c1ccccc1. The van der Waals surface area contributed by atoms with E-state index in [2.05, 4.69) is 15.3 Å². The number of carbonyl (C=O) groups excluding carboxylic acids is 1. The smallest absolute Gasteiger partial charge is 0.331 e. The quantitative estimate of drug-likeness (QED) is 0.499. The van der Waals surface area contributed by atoms with Gasteiger partial charge < -0.3 is 10.1 Å². The molecule has 0 saturated carbocycles. The van der Waals surface area contributed by atoms with Crippen molar-refractivity contribution in [1.82, 2.24) is 15.3 Å². The fraction of sp³-hybridized carbons (Fsp3) is 0.267. The van der Waals surface area contributed by atoms with Gasteiger partial charge in [-0.15, -0.1) is 11.8 Å². The average molecular weight is 303 g/mol. The van der Waals surface area contributed by atoms with Crippen LogP contribution in [0.2, 0.25) is 0 Å². The van der Waals surface area contributed by atoms with E-state index in [4.69, 9.17) is 4.74 Å². The summed E-state index contributed by atoms with van der Waals surface area (Å²) in [5.74, 6) is 0.148. The van der Waals surface area contributed by atoms with E-state index in [-0.39, 0.29) is 5.97 Å². The molecule has 0 spiro atoms. The number of hydrogen-bond acceptors (Lipinski definition) is 6. The molecule has 5 nitrogen and oxygen atoms in total. The number of methoxy groups -OCH3 is 1. The van der Waals surface area contributed by atoms with E-state index in [0.29, 0.717) is 5.75 Å². The van der Waals surface area contributed by atoms with Crippen LogP contribution in [0.4, 0.5) is 0 Å². The van der Waals surface area contributed by atoms with Crippen molar-refractivity contribution < 1.29 is 9.53 Å². The number of ether oxygens (including phenoxy) is 1. The molecule has 0 aliphatic carbocycles. The number of thioether (sulfide) groups is 1. The van der Waals surface area contributed by atoms with Crippen LogP contribution in [-0.4, -0.2) is 35.8 Å². The largest absolute Gasteiger partial charge is 0.467 e. The van der Waals surface area contributed by atoms with Crippen molar-refractivity contribution in [3.8, 4) is 0 Å². The van der Waals surface area contributed by atoms with Crippen LogP contribution < -0.4 is 5.32 Å². The molecule has 0 radical (unpaired) electrons. The summed E-state index contributed by atoms with van der Waals surface area (Å²) >= 11 is 1.48. The number of rotatable bonds is 6. The standard InChI is InChI=1S/C15H17N3O2S/c1-16-15(14(19)20-2,12-6-4-3-5-7-12)10-21-13-8-9-17-11-18-13/h3-9,11,16H,10H2,1-2H3. The molecule has 1 N–H and O–H groups in total. The van der Waals surface area contributed by atoms with Gasteiger partial charge in [0.1, 0.15) is 6.33 Å². The fourth-order valence-corrected chi connectivity index (χ4v) is 3.09. The highest BCUT2D eigenvalue weighted by Gasteiger charge is 2.40. The molecular formula is C15H17N3O2S. The van der Waals surface area contributed by atoms with Crippen molar-refractivity contribution in [3.63, 3.8) is 0 Å². The summed E-state index contributed by atoms with van der Waals surface area (Å²) in [4.78, 5) is 20.4. The summed E-state index contributed by atoms with van der Waals surface area (Å²) in [7, 11) is 3.15. The molecule has 1 aromatic heterocycles. The molecule has 0 aliphatic heterocycles. The molecule has 0 amide bonds. The lowest BCUT2D eigenvalue weighted by atomic mass is 9.92. The van der Waals surface area contributed by atoms with Crippen molar-refractivity contribution in [3.05, 3.63) is 54.5 Å². The first-order valence-electron chi connectivity index (χ1n) is 6.44. The zero-order valence-electron chi connectivity index (χ0n) is 11.9. The van der Waals surface area contributed by atoms with Crippen LogP contribution in [0.1, 0.15) is 5.56 Å². The maximum absolute atomic E-state index is 12.4. The van der Waals surface area contributed by atoms with E-state index in [0.717, 1.165) is 10.6 Å². The zero-order valence-corrected chi connectivity index (χ0v) is 12.8. The van der Waals surface area contributed by atoms with Gasteiger partial charge in [-0.05, 0) is 18.7 Å². The minimum atomic E-state index is -0.911. The second-order valence-corrected chi connectivity index (χ2v) is 5.34. The number of nitrogens with one attached hydrogen (secondary N) is 1. The molecule has 1 unspecified atom stereocenters. The van der Waals surface area contributed by atoms with Gasteiger partial charge in [0.05, 0.1) is 12.1 Å². The number of hydrogen-bond donors (Lipinski definition) is 1. The third-order valence-electron chi connectivity index (χ3n) is 3.22. The van der Waals surface area contributed by atoms with Crippen molar-refractivity contribution in [2.75, 3.05) is 19.9 Å². The Bertz CT molecular complexity index is 580. The molecule has 1 atom stereocenters. The maximum Gasteiger partial charge on any atom is 0.331 e. The second-order valence-electron chi connectivity index (χ2n) is 4.35. The minimum absolute atomic E-state index is 0.322. The number of aromatic nitrogens is 2. The van der Waals surface area contributed by atoms with Gasteiger partial charge in [0.2, 0.25) is 0 Å². The highest BCUT2D eigenvalue weighted by atomic mass is 32.2. The Hall–Kier alpha value is -1.92. The molecule has 21 heavy (non-hydrogen) atoms. The number of benzene rings is 1. The first-order chi connectivity index (χ1) is 10.2. The van der Waals surface area contributed by atoms with Gasteiger partial charge >= 0.3 is 5.97 Å². The first-order valence-corrected chi connectivity index (χ1v) is 7.43. The van der Waals surface area contributed by atoms with Crippen LogP contribution in [0.5, 0.6) is 0 Å².